The summed E-state index contributed by atoms with van der Waals surface area (Å²) in [7, 11) is 0. The van der Waals surface area contributed by atoms with E-state index in [1.54, 1.807) is 11.4 Å². The van der Waals surface area contributed by atoms with Gasteiger partial charge >= 0.3 is 0 Å². The van der Waals surface area contributed by atoms with Crippen molar-refractivity contribution in [1.29, 1.82) is 0 Å². The van der Waals surface area contributed by atoms with Crippen LogP contribution < -0.4 is 10.9 Å². The van der Waals surface area contributed by atoms with Crippen LogP contribution >= 0.6 is 0 Å². The molecule has 26 heavy (non-hydrogen) atoms. The molecule has 2 heterocycles. The van der Waals surface area contributed by atoms with Gasteiger partial charge < -0.3 is 10.4 Å². The van der Waals surface area contributed by atoms with Crippen LogP contribution in [-0.2, 0) is 11.3 Å². The van der Waals surface area contributed by atoms with Crippen LogP contribution in [0.5, 0.6) is 0 Å². The van der Waals surface area contributed by atoms with Gasteiger partial charge in [0.05, 0.1) is 11.3 Å². The first-order valence-corrected chi connectivity index (χ1v) is 9.26. The molecule has 2 fully saturated rings. The summed E-state index contributed by atoms with van der Waals surface area (Å²) in [6.45, 7) is 5.61. The zero-order chi connectivity index (χ0) is 18.6. The van der Waals surface area contributed by atoms with Crippen molar-refractivity contribution >= 4 is 11.4 Å². The first kappa shape index (κ1) is 17.2. The summed E-state index contributed by atoms with van der Waals surface area (Å²) < 4.78 is 2.87. The molecule has 0 unspecified atom stereocenters. The Hall–Kier alpha value is -2.22. The fraction of sp³-hybridized carbons (Fsp3) is 0.667. The summed E-state index contributed by atoms with van der Waals surface area (Å²) in [5.74, 6) is 0.922. The van der Waals surface area contributed by atoms with Crippen molar-refractivity contribution < 1.29 is 9.90 Å². The van der Waals surface area contributed by atoms with Gasteiger partial charge in [-0.2, -0.15) is 10.2 Å². The van der Waals surface area contributed by atoms with Crippen LogP contribution in [0.15, 0.2) is 10.9 Å². The molecular weight excluding hydrogens is 334 g/mol. The molecule has 0 aromatic carbocycles. The lowest BCUT2D eigenvalue weighted by atomic mass is 9.77. The maximum absolute atomic E-state index is 12.8. The molecule has 140 valence electrons. The van der Waals surface area contributed by atoms with E-state index in [1.165, 1.54) is 4.68 Å². The fourth-order valence-electron chi connectivity index (χ4n) is 3.63. The number of carbonyl (C=O) groups is 1. The van der Waals surface area contributed by atoms with E-state index in [-0.39, 0.29) is 30.0 Å². The number of hydrogen-bond donors (Lipinski definition) is 2. The molecule has 0 aliphatic heterocycles. The van der Waals surface area contributed by atoms with Gasteiger partial charge in [-0.05, 0) is 38.7 Å². The van der Waals surface area contributed by atoms with Crippen LogP contribution in [-0.4, -0.2) is 42.1 Å². The summed E-state index contributed by atoms with van der Waals surface area (Å²) in [5.41, 5.74) is 0.410. The molecule has 4 rings (SSSR count). The number of rotatable bonds is 5. The van der Waals surface area contributed by atoms with Crippen LogP contribution in [0.1, 0.15) is 69.8 Å². The molecule has 2 aromatic heterocycles. The third-order valence-corrected chi connectivity index (χ3v) is 5.16. The Morgan fingerprint density at radius 3 is 2.65 bits per heavy atom. The van der Waals surface area contributed by atoms with Crippen LogP contribution in [0.4, 0.5) is 0 Å². The number of aromatic nitrogens is 4. The van der Waals surface area contributed by atoms with Gasteiger partial charge in [0.15, 0.2) is 5.82 Å². The highest BCUT2D eigenvalue weighted by molar-refractivity contribution is 5.76. The van der Waals surface area contributed by atoms with Gasteiger partial charge in [0.2, 0.25) is 5.91 Å². The molecule has 2 saturated carbocycles. The zero-order valence-electron chi connectivity index (χ0n) is 15.4. The van der Waals surface area contributed by atoms with Crippen molar-refractivity contribution in [3.8, 4) is 0 Å². The second-order valence-corrected chi connectivity index (χ2v) is 8.29. The molecule has 0 bridgehead atoms. The number of amides is 1. The van der Waals surface area contributed by atoms with Crippen molar-refractivity contribution in [3.63, 3.8) is 0 Å². The number of aliphatic hydroxyl groups is 1. The third kappa shape index (κ3) is 3.13. The molecule has 8 heteroatoms. The predicted octanol–water partition coefficient (Wildman–Crippen LogP) is 0.921. The first-order valence-electron chi connectivity index (χ1n) is 9.26. The van der Waals surface area contributed by atoms with E-state index in [9.17, 15) is 14.7 Å². The summed E-state index contributed by atoms with van der Waals surface area (Å²) in [6, 6.07) is 1.79. The molecule has 1 amide bonds. The molecule has 0 radical (unpaired) electrons. The van der Waals surface area contributed by atoms with Gasteiger partial charge in [-0.3, -0.25) is 9.59 Å². The third-order valence-electron chi connectivity index (χ3n) is 5.16. The maximum Gasteiger partial charge on any atom is 0.293 e. The summed E-state index contributed by atoms with van der Waals surface area (Å²) in [4.78, 5) is 25.1. The Balaban J connectivity index is 1.61. The van der Waals surface area contributed by atoms with E-state index in [2.05, 4.69) is 15.5 Å². The summed E-state index contributed by atoms with van der Waals surface area (Å²) in [6.07, 6.45) is 3.28. The standard InChI is InChI=1S/C18H25N5O3/c1-10(2)16-21-22(9-15(24)19-12-7-18(3,26)8-12)17(25)14-6-13(11-4-5-11)20-23(14)16/h6,10-12,26H,4-5,7-9H2,1-3H3,(H,19,24). The minimum Gasteiger partial charge on any atom is -0.390 e. The second kappa shape index (κ2) is 5.90. The summed E-state index contributed by atoms with van der Waals surface area (Å²) in [5, 5.41) is 21.6. The Morgan fingerprint density at radius 2 is 2.08 bits per heavy atom. The molecule has 2 aromatic rings. The van der Waals surface area contributed by atoms with Crippen molar-refractivity contribution in [2.75, 3.05) is 0 Å². The molecule has 0 spiro atoms. The minimum absolute atomic E-state index is 0.0436. The quantitative estimate of drug-likeness (QED) is 0.827. The first-order chi connectivity index (χ1) is 12.2. The number of nitrogens with zero attached hydrogens (tertiary/aromatic N) is 4. The predicted molar refractivity (Wildman–Crippen MR) is 95.1 cm³/mol. The van der Waals surface area contributed by atoms with Gasteiger partial charge in [0.25, 0.3) is 5.56 Å². The fourth-order valence-corrected chi connectivity index (χ4v) is 3.63. The SMILES string of the molecule is CC(C)c1nn(CC(=O)NC2CC(C)(O)C2)c(=O)c2cc(C3CC3)nn12. The van der Waals surface area contributed by atoms with Crippen molar-refractivity contribution in [2.24, 2.45) is 0 Å². The monoisotopic (exact) mass is 359 g/mol. The van der Waals surface area contributed by atoms with Crippen molar-refractivity contribution in [2.45, 2.75) is 76.5 Å². The average molecular weight is 359 g/mol. The largest absolute Gasteiger partial charge is 0.390 e. The Labute approximate surface area is 151 Å². The lowest BCUT2D eigenvalue weighted by molar-refractivity contribution is -0.125. The zero-order valence-corrected chi connectivity index (χ0v) is 15.4. The molecule has 0 saturated heterocycles. The lowest BCUT2D eigenvalue weighted by Gasteiger charge is -2.41. The van der Waals surface area contributed by atoms with E-state index in [1.807, 2.05) is 19.9 Å². The van der Waals surface area contributed by atoms with E-state index in [4.69, 9.17) is 0 Å². The Bertz CT molecular complexity index is 915. The number of nitrogens with one attached hydrogen (secondary N) is 1. The highest BCUT2D eigenvalue weighted by Gasteiger charge is 2.39. The maximum atomic E-state index is 12.8. The van der Waals surface area contributed by atoms with Crippen molar-refractivity contribution in [3.05, 3.63) is 27.9 Å². The molecular formula is C18H25N5O3. The van der Waals surface area contributed by atoms with Crippen molar-refractivity contribution in [1.82, 2.24) is 24.7 Å². The van der Waals surface area contributed by atoms with Crippen LogP contribution in [0.25, 0.3) is 5.52 Å². The number of hydrogen-bond acceptors (Lipinski definition) is 5. The average Bonchev–Trinajstić information content (AvgIpc) is 3.27. The normalized spacial score (nSPS) is 25.5. The second-order valence-electron chi connectivity index (χ2n) is 8.29. The highest BCUT2D eigenvalue weighted by Crippen LogP contribution is 2.39. The van der Waals surface area contributed by atoms with Crippen LogP contribution in [0.2, 0.25) is 0 Å². The lowest BCUT2D eigenvalue weighted by Crippen LogP contribution is -2.54. The van der Waals surface area contributed by atoms with E-state index < -0.39 is 5.60 Å². The highest BCUT2D eigenvalue weighted by atomic mass is 16.3. The topological polar surface area (TPSA) is 102 Å². The van der Waals surface area contributed by atoms with E-state index in [0.29, 0.717) is 30.1 Å². The van der Waals surface area contributed by atoms with Gasteiger partial charge in [-0.15, -0.1) is 0 Å². The van der Waals surface area contributed by atoms with E-state index >= 15 is 0 Å². The smallest absolute Gasteiger partial charge is 0.293 e. The Morgan fingerprint density at radius 1 is 1.38 bits per heavy atom. The van der Waals surface area contributed by atoms with Gasteiger partial charge in [0.1, 0.15) is 12.1 Å². The van der Waals surface area contributed by atoms with Crippen LogP contribution in [0.3, 0.4) is 0 Å². The number of carbonyl (C=O) groups excluding carboxylic acids is 1. The molecule has 2 N–H and O–H groups in total. The molecule has 2 aliphatic carbocycles. The Kier molecular flexibility index (Phi) is 3.91. The van der Waals surface area contributed by atoms with Gasteiger partial charge in [0, 0.05) is 17.9 Å². The molecule has 8 nitrogen and oxygen atoms in total. The van der Waals surface area contributed by atoms with Crippen LogP contribution in [0, 0.1) is 0 Å². The van der Waals surface area contributed by atoms with E-state index in [0.717, 1.165) is 18.5 Å². The van der Waals surface area contributed by atoms with Gasteiger partial charge in [-0.1, -0.05) is 13.8 Å². The summed E-state index contributed by atoms with van der Waals surface area (Å²) >= 11 is 0. The minimum atomic E-state index is -0.701. The van der Waals surface area contributed by atoms with Gasteiger partial charge in [-0.25, -0.2) is 9.20 Å². The molecule has 0 atom stereocenters. The molecule has 2 aliphatic rings. The number of fused-ring (bicyclic) bond motifs is 1.